The third-order valence-electron chi connectivity index (χ3n) is 5.85. The van der Waals surface area contributed by atoms with Gasteiger partial charge in [0.05, 0.1) is 11.9 Å². The molecule has 0 radical (unpaired) electrons. The van der Waals surface area contributed by atoms with Crippen LogP contribution in [-0.4, -0.2) is 48.8 Å². The second-order valence-corrected chi connectivity index (χ2v) is 8.30. The fourth-order valence-electron chi connectivity index (χ4n) is 4.19. The second kappa shape index (κ2) is 8.05. The Hall–Kier alpha value is -3.63. The number of nitrogens with one attached hydrogen (secondary N) is 1. The van der Waals surface area contributed by atoms with Crippen molar-refractivity contribution in [3.05, 3.63) is 75.8 Å². The van der Waals surface area contributed by atoms with Crippen molar-refractivity contribution in [2.45, 2.75) is 31.5 Å². The number of nitrogens with zero attached hydrogens (tertiary/aromatic N) is 4. The molecule has 1 saturated heterocycles. The summed E-state index contributed by atoms with van der Waals surface area (Å²) < 4.78 is 15.6. The van der Waals surface area contributed by atoms with Crippen molar-refractivity contribution in [3.8, 4) is 5.69 Å². The van der Waals surface area contributed by atoms with E-state index < -0.39 is 23.9 Å². The van der Waals surface area contributed by atoms with Crippen LogP contribution in [0, 0.1) is 5.82 Å². The number of hydrogen-bond acceptors (Lipinski definition) is 6. The molecule has 3 amide bonds. The normalized spacial score (nSPS) is 18.9. The number of aromatic nitrogens is 3. The average molecular weight is 470 g/mol. The van der Waals surface area contributed by atoms with Gasteiger partial charge in [0, 0.05) is 34.7 Å². The summed E-state index contributed by atoms with van der Waals surface area (Å²) in [5, 5.41) is 21.1. The molecule has 1 aromatic heterocycles. The van der Waals surface area contributed by atoms with Gasteiger partial charge in [0.15, 0.2) is 0 Å². The molecule has 2 aromatic carbocycles. The van der Waals surface area contributed by atoms with Gasteiger partial charge in [-0.25, -0.2) is 9.07 Å². The number of aliphatic hydroxyl groups excluding tert-OH is 1. The predicted octanol–water partition coefficient (Wildman–Crippen LogP) is 1.90. The van der Waals surface area contributed by atoms with E-state index in [1.165, 1.54) is 27.9 Å². The average Bonchev–Trinajstić information content (AvgIpc) is 3.39. The lowest BCUT2D eigenvalue weighted by atomic mass is 10.0. The van der Waals surface area contributed by atoms with Crippen LogP contribution in [0.5, 0.6) is 0 Å². The highest BCUT2D eigenvalue weighted by atomic mass is 35.5. The van der Waals surface area contributed by atoms with Crippen molar-refractivity contribution in [2.24, 2.45) is 0 Å². The number of imide groups is 1. The summed E-state index contributed by atoms with van der Waals surface area (Å²) in [6.45, 7) is 0.153. The largest absolute Gasteiger partial charge is 0.382 e. The molecule has 2 N–H and O–H groups in total. The van der Waals surface area contributed by atoms with E-state index in [2.05, 4.69) is 15.6 Å². The molecule has 5 rings (SSSR count). The van der Waals surface area contributed by atoms with Crippen molar-refractivity contribution < 1.29 is 23.9 Å². The number of piperidine rings is 1. The zero-order valence-electron chi connectivity index (χ0n) is 17.0. The molecule has 0 bridgehead atoms. The van der Waals surface area contributed by atoms with E-state index >= 15 is 0 Å². The molecule has 3 aromatic rings. The topological polar surface area (TPSA) is 117 Å². The minimum atomic E-state index is -1.37. The van der Waals surface area contributed by atoms with Gasteiger partial charge in [-0.3, -0.25) is 19.7 Å². The van der Waals surface area contributed by atoms with Crippen LogP contribution < -0.4 is 5.32 Å². The van der Waals surface area contributed by atoms with Gasteiger partial charge in [-0.2, -0.15) is 0 Å². The van der Waals surface area contributed by atoms with Gasteiger partial charge in [0.1, 0.15) is 23.7 Å². The van der Waals surface area contributed by atoms with Crippen molar-refractivity contribution in [1.29, 1.82) is 0 Å². The number of rotatable bonds is 4. The van der Waals surface area contributed by atoms with E-state index in [9.17, 15) is 23.9 Å². The minimum absolute atomic E-state index is 0.00366. The first kappa shape index (κ1) is 21.2. The molecule has 2 unspecified atom stereocenters. The highest BCUT2D eigenvalue weighted by molar-refractivity contribution is 6.30. The Labute approximate surface area is 191 Å². The number of aliphatic hydroxyl groups is 1. The summed E-state index contributed by atoms with van der Waals surface area (Å²) >= 11 is 5.77. The molecule has 9 nitrogen and oxygen atoms in total. The summed E-state index contributed by atoms with van der Waals surface area (Å²) in [4.78, 5) is 38.2. The molecule has 2 aliphatic rings. The lowest BCUT2D eigenvalue weighted by Gasteiger charge is -2.29. The van der Waals surface area contributed by atoms with E-state index in [4.69, 9.17) is 11.6 Å². The Bertz CT molecular complexity index is 1310. The Morgan fingerprint density at radius 2 is 2.03 bits per heavy atom. The molecule has 2 aliphatic heterocycles. The fraction of sp³-hybridized carbons (Fsp3) is 0.227. The van der Waals surface area contributed by atoms with Crippen LogP contribution >= 0.6 is 11.6 Å². The first-order chi connectivity index (χ1) is 15.8. The van der Waals surface area contributed by atoms with E-state index in [0.717, 1.165) is 6.07 Å². The van der Waals surface area contributed by atoms with Crippen LogP contribution in [0.1, 0.15) is 46.1 Å². The zero-order valence-corrected chi connectivity index (χ0v) is 17.8. The summed E-state index contributed by atoms with van der Waals surface area (Å²) in [5.41, 5.74) is 1.71. The van der Waals surface area contributed by atoms with Gasteiger partial charge in [0.25, 0.3) is 5.91 Å². The molecular weight excluding hydrogens is 453 g/mol. The van der Waals surface area contributed by atoms with Gasteiger partial charge in [-0.05, 0) is 30.7 Å². The van der Waals surface area contributed by atoms with Crippen molar-refractivity contribution in [3.63, 3.8) is 0 Å². The third kappa shape index (κ3) is 3.66. The summed E-state index contributed by atoms with van der Waals surface area (Å²) in [7, 11) is 0. The Balaban J connectivity index is 1.44. The lowest BCUT2D eigenvalue weighted by molar-refractivity contribution is -0.136. The van der Waals surface area contributed by atoms with Crippen LogP contribution in [-0.2, 0) is 16.1 Å². The summed E-state index contributed by atoms with van der Waals surface area (Å²) in [5.74, 6) is -1.84. The van der Waals surface area contributed by atoms with Crippen LogP contribution in [0.15, 0.2) is 42.6 Å². The molecule has 168 valence electrons. The highest BCUT2D eigenvalue weighted by Gasteiger charge is 2.40. The lowest BCUT2D eigenvalue weighted by Crippen LogP contribution is -2.52. The first-order valence-electron chi connectivity index (χ1n) is 10.2. The van der Waals surface area contributed by atoms with Crippen molar-refractivity contribution in [1.82, 2.24) is 25.2 Å². The van der Waals surface area contributed by atoms with E-state index in [-0.39, 0.29) is 47.5 Å². The Kier molecular flexibility index (Phi) is 5.18. The second-order valence-electron chi connectivity index (χ2n) is 7.86. The smallest absolute Gasteiger partial charge is 0.255 e. The molecule has 11 heteroatoms. The molecular formula is C22H17ClFN5O4. The standard InChI is InChI=1S/C22H17ClFN5O4/c23-11-4-5-13(15(24)8-11)20(31)16-10-29(27-26-16)17-3-1-2-12-14(17)9-28(22(12)33)18-6-7-19(30)25-21(18)32/h1-5,8,10,18,20,31H,6-7,9H2,(H,25,30,32). The van der Waals surface area contributed by atoms with Gasteiger partial charge < -0.3 is 10.0 Å². The maximum atomic E-state index is 14.2. The summed E-state index contributed by atoms with van der Waals surface area (Å²) in [6, 6.07) is 8.26. The van der Waals surface area contributed by atoms with Gasteiger partial charge in [-0.15, -0.1) is 5.10 Å². The molecule has 3 heterocycles. The maximum Gasteiger partial charge on any atom is 0.255 e. The number of halogens is 2. The fourth-order valence-corrected chi connectivity index (χ4v) is 4.35. The molecule has 0 aliphatic carbocycles. The van der Waals surface area contributed by atoms with Crippen molar-refractivity contribution >= 4 is 29.3 Å². The van der Waals surface area contributed by atoms with Crippen LogP contribution in [0.25, 0.3) is 5.69 Å². The Morgan fingerprint density at radius 3 is 2.79 bits per heavy atom. The molecule has 33 heavy (non-hydrogen) atoms. The predicted molar refractivity (Wildman–Crippen MR) is 113 cm³/mol. The monoisotopic (exact) mass is 469 g/mol. The number of carbonyl (C=O) groups excluding carboxylic acids is 3. The highest BCUT2D eigenvalue weighted by Crippen LogP contribution is 2.32. The SMILES string of the molecule is O=C1CCC(N2Cc3c(cccc3-n3cc(C(O)c4ccc(Cl)cc4F)nn3)C2=O)C(=O)N1. The number of amides is 3. The minimum Gasteiger partial charge on any atom is -0.382 e. The molecule has 0 spiro atoms. The number of benzene rings is 2. The Morgan fingerprint density at radius 1 is 1.21 bits per heavy atom. The van der Waals surface area contributed by atoms with E-state index in [0.29, 0.717) is 16.8 Å². The first-order valence-corrected chi connectivity index (χ1v) is 10.5. The maximum absolute atomic E-state index is 14.2. The zero-order chi connectivity index (χ0) is 23.3. The van der Waals surface area contributed by atoms with Gasteiger partial charge in [0.2, 0.25) is 11.8 Å². The number of carbonyl (C=O) groups is 3. The summed E-state index contributed by atoms with van der Waals surface area (Å²) in [6.07, 6.45) is 0.503. The number of fused-ring (bicyclic) bond motifs is 1. The number of hydrogen-bond donors (Lipinski definition) is 2. The van der Waals surface area contributed by atoms with Crippen LogP contribution in [0.2, 0.25) is 5.02 Å². The molecule has 2 atom stereocenters. The van der Waals surface area contributed by atoms with Gasteiger partial charge >= 0.3 is 0 Å². The molecule has 1 fully saturated rings. The van der Waals surface area contributed by atoms with E-state index in [1.54, 1.807) is 18.2 Å². The molecule has 0 saturated carbocycles. The van der Waals surface area contributed by atoms with E-state index in [1.807, 2.05) is 0 Å². The van der Waals surface area contributed by atoms with Crippen LogP contribution in [0.3, 0.4) is 0 Å². The van der Waals surface area contributed by atoms with Gasteiger partial charge in [-0.1, -0.05) is 28.9 Å². The third-order valence-corrected chi connectivity index (χ3v) is 6.09. The van der Waals surface area contributed by atoms with Crippen molar-refractivity contribution in [2.75, 3.05) is 0 Å². The van der Waals surface area contributed by atoms with Crippen LogP contribution in [0.4, 0.5) is 4.39 Å². The quantitative estimate of drug-likeness (QED) is 0.564.